The maximum absolute atomic E-state index is 6.10. The van der Waals surface area contributed by atoms with Crippen LogP contribution in [0.5, 0.6) is 0 Å². The van der Waals surface area contributed by atoms with Crippen LogP contribution in [0.25, 0.3) is 10.8 Å². The number of hydrogen-bond acceptors (Lipinski definition) is 3. The largest absolute Gasteiger partial charge is 0.362 e. The lowest BCUT2D eigenvalue weighted by Crippen LogP contribution is -2.24. The van der Waals surface area contributed by atoms with Crippen LogP contribution in [0.15, 0.2) is 24.3 Å². The average Bonchev–Trinajstić information content (AvgIpc) is 2.38. The number of anilines is 2. The van der Waals surface area contributed by atoms with Gasteiger partial charge >= 0.3 is 0 Å². The molecule has 0 saturated heterocycles. The fraction of sp³-hybridized carbons (Fsp3) is 0.400. The highest BCUT2D eigenvalue weighted by atomic mass is 35.5. The van der Waals surface area contributed by atoms with Crippen molar-refractivity contribution in [2.24, 2.45) is 0 Å². The first-order valence-corrected chi connectivity index (χ1v) is 6.97. The zero-order valence-corrected chi connectivity index (χ0v) is 12.7. The summed E-state index contributed by atoms with van der Waals surface area (Å²) in [4.78, 5) is 9.07. The number of fused-ring (bicyclic) bond motifs is 1. The molecule has 3 nitrogen and oxygen atoms in total. The Kier molecular flexibility index (Phi) is 4.15. The third kappa shape index (κ3) is 2.76. The van der Waals surface area contributed by atoms with Crippen LogP contribution in [-0.2, 0) is 0 Å². The molecule has 0 saturated carbocycles. The summed E-state index contributed by atoms with van der Waals surface area (Å²) >= 11 is 6.10. The van der Waals surface area contributed by atoms with Gasteiger partial charge < -0.3 is 9.80 Å². The van der Waals surface area contributed by atoms with Crippen molar-refractivity contribution in [3.05, 3.63) is 29.3 Å². The molecule has 2 aromatic rings. The van der Waals surface area contributed by atoms with E-state index >= 15 is 0 Å². The van der Waals surface area contributed by atoms with Gasteiger partial charge in [0.2, 0.25) is 0 Å². The maximum Gasteiger partial charge on any atom is 0.138 e. The van der Waals surface area contributed by atoms with E-state index in [0.717, 1.165) is 40.5 Å². The van der Waals surface area contributed by atoms with Crippen molar-refractivity contribution in [3.8, 4) is 0 Å². The van der Waals surface area contributed by atoms with Crippen LogP contribution in [0.4, 0.5) is 11.6 Å². The highest BCUT2D eigenvalue weighted by Gasteiger charge is 2.11. The van der Waals surface area contributed by atoms with Crippen molar-refractivity contribution in [1.82, 2.24) is 4.98 Å². The predicted molar refractivity (Wildman–Crippen MR) is 84.6 cm³/mol. The molecule has 1 aromatic carbocycles. The van der Waals surface area contributed by atoms with Gasteiger partial charge in [0.1, 0.15) is 11.6 Å². The quantitative estimate of drug-likeness (QED) is 0.847. The molecule has 0 bridgehead atoms. The Balaban J connectivity index is 2.68. The SMILES string of the molecule is CCN(CC)c1cc2cc(Cl)ccc2c(N(C)C)n1. The number of rotatable bonds is 4. The van der Waals surface area contributed by atoms with Crippen molar-refractivity contribution in [2.75, 3.05) is 37.0 Å². The molecule has 4 heteroatoms. The normalized spacial score (nSPS) is 10.8. The third-order valence-electron chi connectivity index (χ3n) is 3.27. The van der Waals surface area contributed by atoms with Crippen molar-refractivity contribution >= 4 is 34.0 Å². The lowest BCUT2D eigenvalue weighted by Gasteiger charge is -2.23. The molecule has 1 aromatic heterocycles. The van der Waals surface area contributed by atoms with Crippen LogP contribution in [0.3, 0.4) is 0 Å². The summed E-state index contributed by atoms with van der Waals surface area (Å²) in [6, 6.07) is 8.06. The lowest BCUT2D eigenvalue weighted by molar-refractivity contribution is 0.845. The van der Waals surface area contributed by atoms with Crippen molar-refractivity contribution in [2.45, 2.75) is 13.8 Å². The second-order valence-corrected chi connectivity index (χ2v) is 5.17. The summed E-state index contributed by atoms with van der Waals surface area (Å²) in [7, 11) is 4.03. The first kappa shape index (κ1) is 13.9. The molecule has 19 heavy (non-hydrogen) atoms. The highest BCUT2D eigenvalue weighted by molar-refractivity contribution is 6.31. The first-order chi connectivity index (χ1) is 9.06. The van der Waals surface area contributed by atoms with Gasteiger partial charge in [0.15, 0.2) is 0 Å². The Bertz CT molecular complexity index is 577. The summed E-state index contributed by atoms with van der Waals surface area (Å²) in [6.45, 7) is 6.18. The summed E-state index contributed by atoms with van der Waals surface area (Å²) in [5.41, 5.74) is 0. The number of pyridine rings is 1. The van der Waals surface area contributed by atoms with E-state index in [1.54, 1.807) is 0 Å². The molecule has 1 heterocycles. The minimum atomic E-state index is 0.758. The van der Waals surface area contributed by atoms with E-state index in [2.05, 4.69) is 24.8 Å². The van der Waals surface area contributed by atoms with Crippen molar-refractivity contribution < 1.29 is 0 Å². The maximum atomic E-state index is 6.10. The second-order valence-electron chi connectivity index (χ2n) is 4.74. The molecule has 102 valence electrons. The summed E-state index contributed by atoms with van der Waals surface area (Å²) in [6.07, 6.45) is 0. The molecule has 0 amide bonds. The fourth-order valence-electron chi connectivity index (χ4n) is 2.25. The highest BCUT2D eigenvalue weighted by Crippen LogP contribution is 2.30. The molecule has 0 aliphatic rings. The minimum absolute atomic E-state index is 0.758. The molecular formula is C15H20ClN3. The fourth-order valence-corrected chi connectivity index (χ4v) is 2.43. The van der Waals surface area contributed by atoms with Crippen LogP contribution in [0.2, 0.25) is 5.02 Å². The van der Waals surface area contributed by atoms with Crippen LogP contribution in [-0.4, -0.2) is 32.2 Å². The summed E-state index contributed by atoms with van der Waals surface area (Å²) < 4.78 is 0. The Morgan fingerprint density at radius 2 is 1.79 bits per heavy atom. The van der Waals surface area contributed by atoms with E-state index in [1.165, 1.54) is 0 Å². The topological polar surface area (TPSA) is 19.4 Å². The smallest absolute Gasteiger partial charge is 0.138 e. The van der Waals surface area contributed by atoms with E-state index in [0.29, 0.717) is 0 Å². The van der Waals surface area contributed by atoms with E-state index < -0.39 is 0 Å². The second kappa shape index (κ2) is 5.66. The van der Waals surface area contributed by atoms with E-state index in [-0.39, 0.29) is 0 Å². The van der Waals surface area contributed by atoms with Gasteiger partial charge in [0.05, 0.1) is 0 Å². The van der Waals surface area contributed by atoms with Gasteiger partial charge in [-0.2, -0.15) is 0 Å². The van der Waals surface area contributed by atoms with Crippen LogP contribution < -0.4 is 9.80 Å². The number of halogens is 1. The number of aromatic nitrogens is 1. The minimum Gasteiger partial charge on any atom is -0.362 e. The van der Waals surface area contributed by atoms with Crippen molar-refractivity contribution in [1.29, 1.82) is 0 Å². The Hall–Kier alpha value is -1.48. The van der Waals surface area contributed by atoms with Gasteiger partial charge in [0, 0.05) is 37.6 Å². The first-order valence-electron chi connectivity index (χ1n) is 6.59. The van der Waals surface area contributed by atoms with Gasteiger partial charge in [-0.25, -0.2) is 4.98 Å². The molecule has 0 atom stereocenters. The number of nitrogens with zero attached hydrogens (tertiary/aromatic N) is 3. The van der Waals surface area contributed by atoms with Crippen LogP contribution in [0, 0.1) is 0 Å². The standard InChI is InChI=1S/C15H20ClN3/c1-5-19(6-2)14-10-11-9-12(16)7-8-13(11)15(17-14)18(3)4/h7-10H,5-6H2,1-4H3. The number of hydrogen-bond donors (Lipinski definition) is 0. The molecule has 0 N–H and O–H groups in total. The molecule has 0 radical (unpaired) electrons. The van der Waals surface area contributed by atoms with Gasteiger partial charge in [-0.1, -0.05) is 11.6 Å². The monoisotopic (exact) mass is 277 g/mol. The van der Waals surface area contributed by atoms with Gasteiger partial charge in [-0.05, 0) is 43.5 Å². The molecule has 2 rings (SSSR count). The Labute approximate surface area is 119 Å². The van der Waals surface area contributed by atoms with Gasteiger partial charge in [-0.15, -0.1) is 0 Å². The molecule has 0 unspecified atom stereocenters. The van der Waals surface area contributed by atoms with Crippen LogP contribution >= 0.6 is 11.6 Å². The zero-order chi connectivity index (χ0) is 14.0. The molecule has 0 aliphatic heterocycles. The zero-order valence-electron chi connectivity index (χ0n) is 11.9. The lowest BCUT2D eigenvalue weighted by atomic mass is 10.1. The summed E-state index contributed by atoms with van der Waals surface area (Å²) in [5.74, 6) is 1.99. The average molecular weight is 278 g/mol. The van der Waals surface area contributed by atoms with Crippen LogP contribution in [0.1, 0.15) is 13.8 Å². The van der Waals surface area contributed by atoms with Gasteiger partial charge in [-0.3, -0.25) is 0 Å². The molecule has 0 aliphatic carbocycles. The Morgan fingerprint density at radius 1 is 1.11 bits per heavy atom. The number of benzene rings is 1. The third-order valence-corrected chi connectivity index (χ3v) is 3.51. The van der Waals surface area contributed by atoms with E-state index in [4.69, 9.17) is 16.6 Å². The molecule has 0 spiro atoms. The van der Waals surface area contributed by atoms with Crippen molar-refractivity contribution in [3.63, 3.8) is 0 Å². The van der Waals surface area contributed by atoms with E-state index in [1.807, 2.05) is 37.2 Å². The predicted octanol–water partition coefficient (Wildman–Crippen LogP) is 3.80. The van der Waals surface area contributed by atoms with E-state index in [9.17, 15) is 0 Å². The summed E-state index contributed by atoms with van der Waals surface area (Å²) in [5, 5.41) is 3.02. The molecule has 0 fully saturated rings. The van der Waals surface area contributed by atoms with Gasteiger partial charge in [0.25, 0.3) is 0 Å². The Morgan fingerprint density at radius 3 is 2.37 bits per heavy atom. The molecular weight excluding hydrogens is 258 g/mol.